The highest BCUT2D eigenvalue weighted by Crippen LogP contribution is 2.18. The van der Waals surface area contributed by atoms with Crippen LogP contribution in [0.3, 0.4) is 0 Å². The summed E-state index contributed by atoms with van der Waals surface area (Å²) in [6.07, 6.45) is 3.18. The van der Waals surface area contributed by atoms with Crippen LogP contribution in [0.15, 0.2) is 24.5 Å². The van der Waals surface area contributed by atoms with E-state index in [-0.39, 0.29) is 11.8 Å². The molecule has 1 amide bonds. The van der Waals surface area contributed by atoms with Crippen LogP contribution in [-0.4, -0.2) is 28.1 Å². The lowest BCUT2D eigenvalue weighted by molar-refractivity contribution is 0.102. The van der Waals surface area contributed by atoms with Crippen molar-refractivity contribution in [1.82, 2.24) is 15.2 Å². The molecule has 19 heavy (non-hydrogen) atoms. The van der Waals surface area contributed by atoms with Gasteiger partial charge in [0.2, 0.25) is 0 Å². The third-order valence-electron chi connectivity index (χ3n) is 2.71. The normalized spacial score (nSPS) is 10.5. The molecule has 0 radical (unpaired) electrons. The molecule has 0 aliphatic rings. The fraction of sp³-hybridized carbons (Fsp3) is 0.308. The zero-order valence-electron chi connectivity index (χ0n) is 11.2. The van der Waals surface area contributed by atoms with Crippen LogP contribution in [0.1, 0.15) is 35.8 Å². The Morgan fingerprint density at radius 1 is 1.37 bits per heavy atom. The number of nitrogens with one attached hydrogen (secondary N) is 3. The van der Waals surface area contributed by atoms with E-state index < -0.39 is 0 Å². The van der Waals surface area contributed by atoms with Gasteiger partial charge < -0.3 is 10.6 Å². The maximum absolute atomic E-state index is 12.1. The Bertz CT molecular complexity index is 562. The predicted molar refractivity (Wildman–Crippen MR) is 74.4 cm³/mol. The van der Waals surface area contributed by atoms with Gasteiger partial charge in [0.25, 0.3) is 5.91 Å². The quantitative estimate of drug-likeness (QED) is 0.786. The number of H-pyrrole nitrogens is 1. The van der Waals surface area contributed by atoms with E-state index in [4.69, 9.17) is 0 Å². The van der Waals surface area contributed by atoms with E-state index in [1.807, 2.05) is 13.8 Å². The lowest BCUT2D eigenvalue weighted by atomic mass is 10.1. The van der Waals surface area contributed by atoms with Crippen LogP contribution in [0.5, 0.6) is 0 Å². The second kappa shape index (κ2) is 5.51. The summed E-state index contributed by atoms with van der Waals surface area (Å²) in [5, 5.41) is 12.2. The molecule has 0 aliphatic carbocycles. The molecule has 0 unspecified atom stereocenters. The van der Waals surface area contributed by atoms with Gasteiger partial charge in [-0.3, -0.25) is 9.89 Å². The molecular formula is C13H17N5O. The Morgan fingerprint density at radius 3 is 2.74 bits per heavy atom. The van der Waals surface area contributed by atoms with Crippen molar-refractivity contribution in [3.63, 3.8) is 0 Å². The van der Waals surface area contributed by atoms with Gasteiger partial charge in [0.05, 0.1) is 11.9 Å². The number of nitrogens with zero attached hydrogens (tertiary/aromatic N) is 2. The van der Waals surface area contributed by atoms with Crippen molar-refractivity contribution in [3.8, 4) is 0 Å². The van der Waals surface area contributed by atoms with Gasteiger partial charge >= 0.3 is 0 Å². The maximum Gasteiger partial charge on any atom is 0.255 e. The summed E-state index contributed by atoms with van der Waals surface area (Å²) in [5.74, 6) is 0.763. The highest BCUT2D eigenvalue weighted by Gasteiger charge is 2.12. The number of carbonyl (C=O) groups is 1. The molecule has 0 atom stereocenters. The summed E-state index contributed by atoms with van der Waals surface area (Å²) in [6.45, 7) is 4.08. The van der Waals surface area contributed by atoms with Crippen LogP contribution < -0.4 is 10.6 Å². The number of hydrogen-bond donors (Lipinski definition) is 3. The number of anilines is 2. The molecule has 2 aromatic heterocycles. The number of aromatic nitrogens is 3. The van der Waals surface area contributed by atoms with Crippen molar-refractivity contribution >= 4 is 17.4 Å². The molecule has 0 bridgehead atoms. The SMILES string of the molecule is CNc1cc(C(=O)Nc2cn[nH]c2)cc(C(C)C)n1. The van der Waals surface area contributed by atoms with Gasteiger partial charge in [-0.2, -0.15) is 5.10 Å². The minimum Gasteiger partial charge on any atom is -0.373 e. The molecular weight excluding hydrogens is 242 g/mol. The third kappa shape index (κ3) is 3.09. The second-order valence-electron chi connectivity index (χ2n) is 4.51. The smallest absolute Gasteiger partial charge is 0.255 e. The molecule has 0 aliphatic heterocycles. The largest absolute Gasteiger partial charge is 0.373 e. The average molecular weight is 259 g/mol. The van der Waals surface area contributed by atoms with Gasteiger partial charge in [-0.15, -0.1) is 0 Å². The van der Waals surface area contributed by atoms with Gasteiger partial charge in [0.1, 0.15) is 5.82 Å². The third-order valence-corrected chi connectivity index (χ3v) is 2.71. The number of amides is 1. The molecule has 2 heterocycles. The van der Waals surface area contributed by atoms with Crippen molar-refractivity contribution < 1.29 is 4.79 Å². The first kappa shape index (κ1) is 13.1. The van der Waals surface area contributed by atoms with Gasteiger partial charge in [-0.1, -0.05) is 13.8 Å². The van der Waals surface area contributed by atoms with Crippen LogP contribution in [0.2, 0.25) is 0 Å². The van der Waals surface area contributed by atoms with E-state index in [1.165, 1.54) is 0 Å². The van der Waals surface area contributed by atoms with E-state index in [1.54, 1.807) is 31.6 Å². The van der Waals surface area contributed by atoms with Gasteiger partial charge in [0, 0.05) is 24.5 Å². The van der Waals surface area contributed by atoms with Crippen molar-refractivity contribution in [2.45, 2.75) is 19.8 Å². The van der Waals surface area contributed by atoms with Crippen molar-refractivity contribution in [1.29, 1.82) is 0 Å². The second-order valence-corrected chi connectivity index (χ2v) is 4.51. The Morgan fingerprint density at radius 2 is 2.16 bits per heavy atom. The summed E-state index contributed by atoms with van der Waals surface area (Å²) in [5.41, 5.74) is 2.09. The Hall–Kier alpha value is -2.37. The Labute approximate surface area is 111 Å². The van der Waals surface area contributed by atoms with E-state index in [2.05, 4.69) is 25.8 Å². The molecule has 0 saturated carbocycles. The first-order valence-corrected chi connectivity index (χ1v) is 6.10. The molecule has 6 nitrogen and oxygen atoms in total. The topological polar surface area (TPSA) is 82.7 Å². The minimum absolute atomic E-state index is 0.179. The summed E-state index contributed by atoms with van der Waals surface area (Å²) in [4.78, 5) is 16.6. The van der Waals surface area contributed by atoms with Gasteiger partial charge in [-0.25, -0.2) is 4.98 Å². The molecule has 6 heteroatoms. The first-order valence-electron chi connectivity index (χ1n) is 6.10. The highest BCUT2D eigenvalue weighted by molar-refractivity contribution is 6.04. The van der Waals surface area contributed by atoms with E-state index in [9.17, 15) is 4.79 Å². The number of aromatic amines is 1. The van der Waals surface area contributed by atoms with Crippen LogP contribution in [0.4, 0.5) is 11.5 Å². The zero-order chi connectivity index (χ0) is 13.8. The predicted octanol–water partition coefficient (Wildman–Crippen LogP) is 2.22. The van der Waals surface area contributed by atoms with Gasteiger partial charge in [-0.05, 0) is 18.1 Å². The molecule has 100 valence electrons. The zero-order valence-corrected chi connectivity index (χ0v) is 11.2. The van der Waals surface area contributed by atoms with Gasteiger partial charge in [0.15, 0.2) is 0 Å². The van der Waals surface area contributed by atoms with Crippen molar-refractivity contribution in [2.24, 2.45) is 0 Å². The van der Waals surface area contributed by atoms with E-state index in [0.717, 1.165) is 5.69 Å². The molecule has 2 rings (SSSR count). The number of pyridine rings is 1. The summed E-state index contributed by atoms with van der Waals surface area (Å²) in [7, 11) is 1.78. The molecule has 0 aromatic carbocycles. The van der Waals surface area contributed by atoms with Crippen LogP contribution in [0.25, 0.3) is 0 Å². The molecule has 0 fully saturated rings. The Kier molecular flexibility index (Phi) is 3.79. The molecule has 3 N–H and O–H groups in total. The summed E-state index contributed by atoms with van der Waals surface area (Å²) < 4.78 is 0. The molecule has 2 aromatic rings. The standard InChI is InChI=1S/C13H17N5O/c1-8(2)11-4-9(5-12(14-3)18-11)13(19)17-10-6-15-16-7-10/h4-8H,1-3H3,(H,14,18)(H,15,16)(H,17,19). The molecule has 0 spiro atoms. The number of rotatable bonds is 4. The molecule has 0 saturated heterocycles. The number of carbonyl (C=O) groups excluding carboxylic acids is 1. The van der Waals surface area contributed by atoms with Crippen LogP contribution in [-0.2, 0) is 0 Å². The lowest BCUT2D eigenvalue weighted by Crippen LogP contribution is -2.13. The first-order chi connectivity index (χ1) is 9.10. The summed E-state index contributed by atoms with van der Waals surface area (Å²) >= 11 is 0. The monoisotopic (exact) mass is 259 g/mol. The number of hydrogen-bond acceptors (Lipinski definition) is 4. The van der Waals surface area contributed by atoms with Crippen molar-refractivity contribution in [2.75, 3.05) is 17.7 Å². The summed E-state index contributed by atoms with van der Waals surface area (Å²) in [6, 6.07) is 3.53. The van der Waals surface area contributed by atoms with Crippen molar-refractivity contribution in [3.05, 3.63) is 35.8 Å². The van der Waals surface area contributed by atoms with Crippen LogP contribution in [0, 0.1) is 0 Å². The highest BCUT2D eigenvalue weighted by atomic mass is 16.1. The minimum atomic E-state index is -0.179. The Balaban J connectivity index is 2.27. The van der Waals surface area contributed by atoms with E-state index >= 15 is 0 Å². The lowest BCUT2D eigenvalue weighted by Gasteiger charge is -2.10. The fourth-order valence-electron chi connectivity index (χ4n) is 1.63. The average Bonchev–Trinajstić information content (AvgIpc) is 2.90. The fourth-order valence-corrected chi connectivity index (χ4v) is 1.63. The maximum atomic E-state index is 12.1. The van der Waals surface area contributed by atoms with Crippen LogP contribution >= 0.6 is 0 Å². The van der Waals surface area contributed by atoms with E-state index in [0.29, 0.717) is 17.1 Å².